The number of carbonyl (C=O) groups excluding carboxylic acids is 1. The van der Waals surface area contributed by atoms with E-state index in [1.807, 2.05) is 13.0 Å². The van der Waals surface area contributed by atoms with Gasteiger partial charge < -0.3 is 13.6 Å². The van der Waals surface area contributed by atoms with E-state index in [-0.39, 0.29) is 23.0 Å². The van der Waals surface area contributed by atoms with Crippen LogP contribution in [0.15, 0.2) is 36.1 Å². The highest BCUT2D eigenvalue weighted by Gasteiger charge is 2.59. The first-order valence-electron chi connectivity index (χ1n) is 12.5. The largest absolute Gasteiger partial charge is 0.431 e. The molecule has 4 nitrogen and oxygen atoms in total. The number of rotatable bonds is 8. The van der Waals surface area contributed by atoms with Crippen LogP contribution in [0.2, 0.25) is 29.2 Å². The van der Waals surface area contributed by atoms with E-state index in [9.17, 15) is 4.79 Å². The Morgan fingerprint density at radius 3 is 2.15 bits per heavy atom. The number of esters is 1. The molecule has 0 saturated carbocycles. The summed E-state index contributed by atoms with van der Waals surface area (Å²) < 4.78 is 19.5. The highest BCUT2D eigenvalue weighted by Crippen LogP contribution is 2.60. The number of allylic oxidation sites excluding steroid dienone is 1. The van der Waals surface area contributed by atoms with Gasteiger partial charge in [0.2, 0.25) is 8.32 Å². The molecule has 3 atom stereocenters. The van der Waals surface area contributed by atoms with E-state index < -0.39 is 16.6 Å². The lowest BCUT2D eigenvalue weighted by Crippen LogP contribution is -2.58. The van der Waals surface area contributed by atoms with Crippen molar-refractivity contribution in [1.82, 2.24) is 0 Å². The Bertz CT molecular complexity index is 890. The molecule has 0 spiro atoms. The minimum atomic E-state index is -2.34. The number of hydrogen-bond donors (Lipinski definition) is 0. The van der Waals surface area contributed by atoms with Crippen LogP contribution in [0.1, 0.15) is 84.6 Å². The van der Waals surface area contributed by atoms with Gasteiger partial charge in [-0.25, -0.2) is 0 Å². The van der Waals surface area contributed by atoms with Crippen LogP contribution in [-0.4, -0.2) is 29.2 Å². The summed E-state index contributed by atoms with van der Waals surface area (Å²) in [5, 5.41) is 0.149. The number of carbonyl (C=O) groups is 1. The highest BCUT2D eigenvalue weighted by atomic mass is 28.4. The van der Waals surface area contributed by atoms with Gasteiger partial charge in [0.1, 0.15) is 5.76 Å². The van der Waals surface area contributed by atoms with Gasteiger partial charge in [-0.05, 0) is 46.4 Å². The lowest BCUT2D eigenvalue weighted by molar-refractivity contribution is -0.135. The Hall–Kier alpha value is -1.22. The zero-order chi connectivity index (χ0) is 24.8. The van der Waals surface area contributed by atoms with Gasteiger partial charge in [0.25, 0.3) is 0 Å². The third-order valence-corrected chi connectivity index (χ3v) is 18.6. The first-order chi connectivity index (χ1) is 15.2. The average molecular weight is 489 g/mol. The van der Waals surface area contributed by atoms with Crippen molar-refractivity contribution in [3.8, 4) is 0 Å². The van der Waals surface area contributed by atoms with E-state index in [2.05, 4.69) is 85.8 Å². The Labute approximate surface area is 203 Å². The second-order valence-electron chi connectivity index (χ2n) is 12.1. The molecule has 1 aromatic carbocycles. The van der Waals surface area contributed by atoms with Crippen molar-refractivity contribution < 1.29 is 18.4 Å². The second-order valence-corrected chi connectivity index (χ2v) is 21.7. The minimum absolute atomic E-state index is 0.0921. The molecule has 0 radical (unpaired) electrons. The number of hydrogen-bond acceptors (Lipinski definition) is 4. The van der Waals surface area contributed by atoms with Crippen molar-refractivity contribution in [2.45, 2.75) is 103 Å². The molecule has 1 saturated heterocycles. The summed E-state index contributed by atoms with van der Waals surface area (Å²) in [5.41, 5.74) is 3.88. The fraction of sp³-hybridized carbons (Fsp3) is 0.667. The summed E-state index contributed by atoms with van der Waals surface area (Å²) in [7, 11) is -4.31. The van der Waals surface area contributed by atoms with Gasteiger partial charge in [0.15, 0.2) is 8.32 Å². The molecule has 1 fully saturated rings. The van der Waals surface area contributed by atoms with Crippen LogP contribution in [0.3, 0.4) is 0 Å². The van der Waals surface area contributed by atoms with Crippen LogP contribution >= 0.6 is 0 Å². The lowest BCUT2D eigenvalue weighted by atomic mass is 9.85. The number of benzene rings is 1. The molecule has 6 heteroatoms. The molecule has 184 valence electrons. The Morgan fingerprint density at radius 2 is 1.67 bits per heavy atom. The first-order valence-corrected chi connectivity index (χ1v) is 17.6. The van der Waals surface area contributed by atoms with Crippen molar-refractivity contribution in [2.24, 2.45) is 5.92 Å². The van der Waals surface area contributed by atoms with E-state index in [4.69, 9.17) is 13.6 Å². The molecule has 3 rings (SSSR count). The molecule has 0 bridgehead atoms. The molecule has 1 heterocycles. The smallest absolute Gasteiger partial charge is 0.311 e. The van der Waals surface area contributed by atoms with Crippen LogP contribution in [-0.2, 0) is 18.4 Å². The Balaban J connectivity index is 1.98. The van der Waals surface area contributed by atoms with E-state index in [0.29, 0.717) is 29.7 Å². The summed E-state index contributed by atoms with van der Waals surface area (Å²) in [6, 6.07) is 8.80. The molecule has 2 aliphatic rings. The summed E-state index contributed by atoms with van der Waals surface area (Å²) in [5.74, 6) is 0.758. The van der Waals surface area contributed by atoms with Crippen LogP contribution in [0.5, 0.6) is 0 Å². The van der Waals surface area contributed by atoms with Gasteiger partial charge >= 0.3 is 5.97 Å². The van der Waals surface area contributed by atoms with Crippen LogP contribution in [0.25, 0.3) is 0 Å². The fourth-order valence-electron chi connectivity index (χ4n) is 5.35. The monoisotopic (exact) mass is 488 g/mol. The average Bonchev–Trinajstić information content (AvgIpc) is 3.01. The normalized spacial score (nSPS) is 24.9. The van der Waals surface area contributed by atoms with Crippen molar-refractivity contribution in [3.05, 3.63) is 47.2 Å². The molecule has 0 aromatic heterocycles. The SMILES string of the molecule is CC1CC(=O)O/C1=C\CO[Si](C(C)C)(C(C)C)[C@@H]1c2ccccc2[C@H]1O[Si](C)(C)C(C)(C)C. The van der Waals surface area contributed by atoms with Crippen LogP contribution in [0, 0.1) is 5.92 Å². The zero-order valence-corrected chi connectivity index (χ0v) is 24.3. The van der Waals surface area contributed by atoms with E-state index >= 15 is 0 Å². The summed E-state index contributed by atoms with van der Waals surface area (Å²) in [4.78, 5) is 11.7. The number of ether oxygens (including phenoxy) is 1. The maximum Gasteiger partial charge on any atom is 0.311 e. The molecule has 1 aliphatic heterocycles. The van der Waals surface area contributed by atoms with Gasteiger partial charge in [-0.1, -0.05) is 79.7 Å². The predicted octanol–water partition coefficient (Wildman–Crippen LogP) is 7.63. The molecule has 0 N–H and O–H groups in total. The van der Waals surface area contributed by atoms with Crippen LogP contribution in [0.4, 0.5) is 0 Å². The van der Waals surface area contributed by atoms with E-state index in [1.54, 1.807) is 0 Å². The number of cyclic esters (lactones) is 1. The van der Waals surface area contributed by atoms with Crippen molar-refractivity contribution in [3.63, 3.8) is 0 Å². The van der Waals surface area contributed by atoms with Crippen LogP contribution < -0.4 is 0 Å². The maximum absolute atomic E-state index is 11.7. The van der Waals surface area contributed by atoms with E-state index in [0.717, 1.165) is 5.76 Å². The van der Waals surface area contributed by atoms with Gasteiger partial charge in [-0.2, -0.15) is 0 Å². The molecular formula is C27H44O4Si2. The molecule has 33 heavy (non-hydrogen) atoms. The second kappa shape index (κ2) is 9.44. The summed E-state index contributed by atoms with van der Waals surface area (Å²) >= 11 is 0. The third kappa shape index (κ3) is 4.81. The van der Waals surface area contributed by atoms with Crippen molar-refractivity contribution >= 4 is 22.6 Å². The first kappa shape index (κ1) is 26.4. The molecule has 1 aliphatic carbocycles. The highest BCUT2D eigenvalue weighted by molar-refractivity contribution is 6.78. The molecule has 0 amide bonds. The standard InChI is InChI=1S/C27H44O4Si2/c1-18(2)33(19(3)4,29-16-15-23-20(5)17-24(28)30-23)26-22-14-12-11-13-21(22)25(26)31-32(9,10)27(6,7)8/h11-15,18-20,25-26H,16-17H2,1-10H3/b23-15-/t20?,25-,26-/m1/s1. The van der Waals surface area contributed by atoms with Gasteiger partial charge in [0, 0.05) is 11.5 Å². The van der Waals surface area contributed by atoms with Gasteiger partial charge in [-0.15, -0.1) is 0 Å². The van der Waals surface area contributed by atoms with E-state index in [1.165, 1.54) is 11.1 Å². The molecule has 1 aromatic rings. The lowest BCUT2D eigenvalue weighted by Gasteiger charge is -2.55. The minimum Gasteiger partial charge on any atom is -0.431 e. The molecular weight excluding hydrogens is 444 g/mol. The third-order valence-electron chi connectivity index (χ3n) is 8.27. The van der Waals surface area contributed by atoms with Crippen molar-refractivity contribution in [2.75, 3.05) is 6.61 Å². The maximum atomic E-state index is 11.7. The Kier molecular flexibility index (Phi) is 7.55. The summed E-state index contributed by atoms with van der Waals surface area (Å²) in [6.45, 7) is 23.4. The predicted molar refractivity (Wildman–Crippen MR) is 140 cm³/mol. The Morgan fingerprint density at radius 1 is 1.09 bits per heavy atom. The molecule has 1 unspecified atom stereocenters. The summed E-state index contributed by atoms with van der Waals surface area (Å²) in [6.07, 6.45) is 2.55. The van der Waals surface area contributed by atoms with Gasteiger partial charge in [-0.3, -0.25) is 4.79 Å². The quantitative estimate of drug-likeness (QED) is 0.279. The topological polar surface area (TPSA) is 44.8 Å². The van der Waals surface area contributed by atoms with Gasteiger partial charge in [0.05, 0.1) is 19.1 Å². The zero-order valence-electron chi connectivity index (χ0n) is 22.3. The number of fused-ring (bicyclic) bond motifs is 1. The van der Waals surface area contributed by atoms with Crippen molar-refractivity contribution in [1.29, 1.82) is 0 Å². The fourth-order valence-corrected chi connectivity index (χ4v) is 12.2.